The number of ketones is 1. The second kappa shape index (κ2) is 4.81. The zero-order chi connectivity index (χ0) is 12.4. The number of halogens is 1. The highest BCUT2D eigenvalue weighted by Crippen LogP contribution is 2.25. The standard InChI is InChI=1S/C11H10ClN3OS/c1-6(16)10-7(2)17-11(15-10)14-9-4-3-8(12)5-13-9/h3-5H,1-2H3,(H,13,14,15). The predicted molar refractivity (Wildman–Crippen MR) is 69.4 cm³/mol. The summed E-state index contributed by atoms with van der Waals surface area (Å²) in [4.78, 5) is 20.5. The molecule has 2 aromatic rings. The molecule has 0 bridgehead atoms. The van der Waals surface area contributed by atoms with Crippen LogP contribution in [0, 0.1) is 6.92 Å². The monoisotopic (exact) mass is 267 g/mol. The van der Waals surface area contributed by atoms with E-state index in [4.69, 9.17) is 11.6 Å². The van der Waals surface area contributed by atoms with E-state index in [1.54, 1.807) is 18.3 Å². The first kappa shape index (κ1) is 12.0. The zero-order valence-corrected chi connectivity index (χ0v) is 10.9. The van der Waals surface area contributed by atoms with Gasteiger partial charge in [-0.05, 0) is 19.1 Å². The Balaban J connectivity index is 2.22. The molecule has 0 amide bonds. The Morgan fingerprint density at radius 1 is 1.47 bits per heavy atom. The van der Waals surface area contributed by atoms with Gasteiger partial charge in [0.15, 0.2) is 10.9 Å². The average molecular weight is 268 g/mol. The number of nitrogens with zero attached hydrogens (tertiary/aromatic N) is 2. The van der Waals surface area contributed by atoms with Crippen LogP contribution in [-0.4, -0.2) is 15.8 Å². The lowest BCUT2D eigenvalue weighted by molar-refractivity contribution is 0.101. The summed E-state index contributed by atoms with van der Waals surface area (Å²) < 4.78 is 0. The Hall–Kier alpha value is -1.46. The Labute approximate surface area is 108 Å². The molecule has 0 aliphatic heterocycles. The van der Waals surface area contributed by atoms with E-state index in [0.717, 1.165) is 4.88 Å². The molecule has 2 aromatic heterocycles. The van der Waals surface area contributed by atoms with Crippen molar-refractivity contribution in [3.05, 3.63) is 33.9 Å². The topological polar surface area (TPSA) is 54.9 Å². The first-order chi connectivity index (χ1) is 8.06. The van der Waals surface area contributed by atoms with Gasteiger partial charge >= 0.3 is 0 Å². The number of pyridine rings is 1. The molecule has 88 valence electrons. The maximum Gasteiger partial charge on any atom is 0.189 e. The number of rotatable bonds is 3. The minimum Gasteiger partial charge on any atom is -0.316 e. The lowest BCUT2D eigenvalue weighted by atomic mass is 10.3. The molecular weight excluding hydrogens is 258 g/mol. The van der Waals surface area contributed by atoms with Crippen LogP contribution >= 0.6 is 22.9 Å². The Morgan fingerprint density at radius 3 is 2.76 bits per heavy atom. The third kappa shape index (κ3) is 2.81. The lowest BCUT2D eigenvalue weighted by Gasteiger charge is -2.00. The molecule has 0 aliphatic rings. The van der Waals surface area contributed by atoms with Crippen molar-refractivity contribution < 1.29 is 4.79 Å². The summed E-state index contributed by atoms with van der Waals surface area (Å²) >= 11 is 7.16. The fourth-order valence-electron chi connectivity index (χ4n) is 1.34. The van der Waals surface area contributed by atoms with Crippen molar-refractivity contribution in [3.63, 3.8) is 0 Å². The molecule has 2 rings (SSSR count). The lowest BCUT2D eigenvalue weighted by Crippen LogP contribution is -1.96. The minimum atomic E-state index is -0.0316. The third-order valence-corrected chi connectivity index (χ3v) is 3.20. The number of nitrogens with one attached hydrogen (secondary N) is 1. The number of anilines is 2. The molecule has 0 aromatic carbocycles. The fourth-order valence-corrected chi connectivity index (χ4v) is 2.32. The number of hydrogen-bond acceptors (Lipinski definition) is 5. The third-order valence-electron chi connectivity index (χ3n) is 2.09. The van der Waals surface area contributed by atoms with Crippen LogP contribution in [0.2, 0.25) is 5.02 Å². The van der Waals surface area contributed by atoms with Crippen molar-refractivity contribution in [3.8, 4) is 0 Å². The highest BCUT2D eigenvalue weighted by atomic mass is 35.5. The molecule has 0 saturated heterocycles. The number of hydrogen-bond donors (Lipinski definition) is 1. The number of carbonyl (C=O) groups is 1. The van der Waals surface area contributed by atoms with Crippen molar-refractivity contribution in [1.82, 2.24) is 9.97 Å². The molecule has 17 heavy (non-hydrogen) atoms. The van der Waals surface area contributed by atoms with Crippen LogP contribution in [0.3, 0.4) is 0 Å². The van der Waals surface area contributed by atoms with Gasteiger partial charge in [0.25, 0.3) is 0 Å². The predicted octanol–water partition coefficient (Wildman–Crippen LogP) is 3.45. The van der Waals surface area contributed by atoms with Crippen molar-refractivity contribution in [1.29, 1.82) is 0 Å². The van der Waals surface area contributed by atoms with Gasteiger partial charge in [-0.1, -0.05) is 11.6 Å². The number of thiazole rings is 1. The summed E-state index contributed by atoms with van der Waals surface area (Å²) in [5, 5.41) is 4.27. The van der Waals surface area contributed by atoms with Crippen molar-refractivity contribution in [2.75, 3.05) is 5.32 Å². The van der Waals surface area contributed by atoms with Crippen molar-refractivity contribution in [2.24, 2.45) is 0 Å². The van der Waals surface area contributed by atoms with Crippen molar-refractivity contribution >= 4 is 39.7 Å². The average Bonchev–Trinajstić information content (AvgIpc) is 2.63. The van der Waals surface area contributed by atoms with Crippen LogP contribution in [0.1, 0.15) is 22.3 Å². The number of Topliss-reactive ketones (excluding diaryl/α,β-unsaturated/α-hetero) is 1. The van der Waals surface area contributed by atoms with Gasteiger partial charge in [0.1, 0.15) is 11.5 Å². The van der Waals surface area contributed by atoms with Gasteiger partial charge in [0, 0.05) is 18.0 Å². The van der Waals surface area contributed by atoms with E-state index < -0.39 is 0 Å². The smallest absolute Gasteiger partial charge is 0.189 e. The molecule has 4 nitrogen and oxygen atoms in total. The number of aryl methyl sites for hydroxylation is 1. The van der Waals surface area contributed by atoms with Crippen LogP contribution in [0.5, 0.6) is 0 Å². The molecule has 0 aliphatic carbocycles. The summed E-state index contributed by atoms with van der Waals surface area (Å²) in [6.07, 6.45) is 1.55. The minimum absolute atomic E-state index is 0.0316. The maximum absolute atomic E-state index is 11.3. The molecule has 0 unspecified atom stereocenters. The fraction of sp³-hybridized carbons (Fsp3) is 0.182. The van der Waals surface area contributed by atoms with Crippen LogP contribution in [0.4, 0.5) is 10.9 Å². The summed E-state index contributed by atoms with van der Waals surface area (Å²) in [6.45, 7) is 3.38. The van der Waals surface area contributed by atoms with Crippen molar-refractivity contribution in [2.45, 2.75) is 13.8 Å². The summed E-state index contributed by atoms with van der Waals surface area (Å²) in [6, 6.07) is 3.50. The quantitative estimate of drug-likeness (QED) is 0.866. The zero-order valence-electron chi connectivity index (χ0n) is 9.32. The second-order valence-electron chi connectivity index (χ2n) is 3.47. The van der Waals surface area contributed by atoms with E-state index in [2.05, 4.69) is 15.3 Å². The maximum atomic E-state index is 11.3. The van der Waals surface area contributed by atoms with Gasteiger partial charge in [-0.15, -0.1) is 11.3 Å². The Bertz CT molecular complexity index is 550. The molecule has 0 saturated carbocycles. The van der Waals surface area contributed by atoms with E-state index in [0.29, 0.717) is 21.7 Å². The molecule has 0 spiro atoms. The first-order valence-electron chi connectivity index (χ1n) is 4.93. The molecule has 0 atom stereocenters. The van der Waals surface area contributed by atoms with Gasteiger partial charge in [0.2, 0.25) is 0 Å². The van der Waals surface area contributed by atoms with Gasteiger partial charge in [-0.2, -0.15) is 0 Å². The highest BCUT2D eigenvalue weighted by molar-refractivity contribution is 7.15. The van der Waals surface area contributed by atoms with E-state index in [-0.39, 0.29) is 5.78 Å². The molecule has 2 heterocycles. The van der Waals surface area contributed by atoms with Gasteiger partial charge in [-0.25, -0.2) is 9.97 Å². The number of carbonyl (C=O) groups excluding carboxylic acids is 1. The van der Waals surface area contributed by atoms with E-state index >= 15 is 0 Å². The second-order valence-corrected chi connectivity index (χ2v) is 5.11. The summed E-state index contributed by atoms with van der Waals surface area (Å²) in [5.41, 5.74) is 0.506. The summed E-state index contributed by atoms with van der Waals surface area (Å²) in [5.74, 6) is 0.620. The van der Waals surface area contributed by atoms with E-state index in [9.17, 15) is 4.79 Å². The molecule has 0 fully saturated rings. The Morgan fingerprint density at radius 2 is 2.24 bits per heavy atom. The molecular formula is C11H10ClN3OS. The van der Waals surface area contributed by atoms with Crippen LogP contribution in [0.25, 0.3) is 0 Å². The van der Waals surface area contributed by atoms with Crippen LogP contribution in [0.15, 0.2) is 18.3 Å². The molecule has 6 heteroatoms. The highest BCUT2D eigenvalue weighted by Gasteiger charge is 2.11. The molecule has 0 radical (unpaired) electrons. The molecule has 1 N–H and O–H groups in total. The first-order valence-corrected chi connectivity index (χ1v) is 6.12. The van der Waals surface area contributed by atoms with Gasteiger partial charge < -0.3 is 5.32 Å². The van der Waals surface area contributed by atoms with Crippen LogP contribution < -0.4 is 5.32 Å². The van der Waals surface area contributed by atoms with Gasteiger partial charge in [-0.3, -0.25) is 4.79 Å². The van der Waals surface area contributed by atoms with E-state index in [1.165, 1.54) is 18.3 Å². The van der Waals surface area contributed by atoms with E-state index in [1.807, 2.05) is 6.92 Å². The summed E-state index contributed by atoms with van der Waals surface area (Å²) in [7, 11) is 0. The van der Waals surface area contributed by atoms with Crippen LogP contribution in [-0.2, 0) is 0 Å². The SMILES string of the molecule is CC(=O)c1nc(Nc2ccc(Cl)cn2)sc1C. The Kier molecular flexibility index (Phi) is 3.40. The number of aromatic nitrogens is 2. The normalized spacial score (nSPS) is 10.3. The largest absolute Gasteiger partial charge is 0.316 e. The van der Waals surface area contributed by atoms with Gasteiger partial charge in [0.05, 0.1) is 5.02 Å².